The second-order valence-electron chi connectivity index (χ2n) is 3.76. The molecule has 0 atom stereocenters. The lowest BCUT2D eigenvalue weighted by Crippen LogP contribution is -2.04. The van der Waals surface area contributed by atoms with Gasteiger partial charge in [-0.2, -0.15) is 0 Å². The summed E-state index contributed by atoms with van der Waals surface area (Å²) in [7, 11) is 0. The minimum atomic E-state index is -0.533. The Morgan fingerprint density at radius 1 is 1.50 bits per heavy atom. The van der Waals surface area contributed by atoms with Crippen LogP contribution in [0.5, 0.6) is 0 Å². The van der Waals surface area contributed by atoms with Gasteiger partial charge in [0.1, 0.15) is 17.1 Å². The van der Waals surface area contributed by atoms with E-state index >= 15 is 0 Å². The fraction of sp³-hybridized carbons (Fsp3) is 0.250. The Bertz CT molecular complexity index is 556. The van der Waals surface area contributed by atoms with Gasteiger partial charge in [0.15, 0.2) is 5.89 Å². The number of nitrogens with one attached hydrogen (secondary N) is 1. The number of benzene rings is 1. The summed E-state index contributed by atoms with van der Waals surface area (Å²) in [5.41, 5.74) is 7.22. The van der Waals surface area contributed by atoms with Gasteiger partial charge >= 0.3 is 0 Å². The molecule has 0 aliphatic rings. The van der Waals surface area contributed by atoms with Crippen LogP contribution in [0.2, 0.25) is 5.02 Å². The summed E-state index contributed by atoms with van der Waals surface area (Å²) in [5.74, 6) is 0.145. The van der Waals surface area contributed by atoms with Gasteiger partial charge in [-0.25, -0.2) is 9.37 Å². The van der Waals surface area contributed by atoms with Crippen LogP contribution in [-0.2, 0) is 13.0 Å². The molecule has 0 radical (unpaired) electrons. The summed E-state index contributed by atoms with van der Waals surface area (Å²) in [6, 6.07) is 2.80. The van der Waals surface area contributed by atoms with Gasteiger partial charge in [0, 0.05) is 6.42 Å². The molecule has 0 saturated heterocycles. The highest BCUT2D eigenvalue weighted by atomic mass is 35.5. The fourth-order valence-electron chi connectivity index (χ4n) is 1.50. The summed E-state index contributed by atoms with van der Waals surface area (Å²) in [4.78, 5) is 4.24. The molecule has 0 aliphatic carbocycles. The molecule has 96 valence electrons. The Kier molecular flexibility index (Phi) is 3.72. The van der Waals surface area contributed by atoms with Crippen LogP contribution in [-0.4, -0.2) is 4.98 Å². The lowest BCUT2D eigenvalue weighted by molar-refractivity contribution is 0.501. The Labute approximate surface area is 109 Å². The van der Waals surface area contributed by atoms with E-state index in [0.717, 1.165) is 12.1 Å². The molecule has 0 unspecified atom stereocenters. The maximum Gasteiger partial charge on any atom is 0.193 e. The number of aryl methyl sites for hydroxylation is 1. The molecule has 6 heteroatoms. The quantitative estimate of drug-likeness (QED) is 0.837. The predicted molar refractivity (Wildman–Crippen MR) is 69.0 cm³/mol. The first-order valence-corrected chi connectivity index (χ1v) is 5.90. The molecule has 0 amide bonds. The van der Waals surface area contributed by atoms with Crippen LogP contribution in [0.1, 0.15) is 18.5 Å². The monoisotopic (exact) mass is 269 g/mol. The zero-order chi connectivity index (χ0) is 13.1. The summed E-state index contributed by atoms with van der Waals surface area (Å²) in [5, 5.41) is 2.96. The van der Waals surface area contributed by atoms with Gasteiger partial charge in [-0.15, -0.1) is 0 Å². The molecule has 0 aliphatic heterocycles. The van der Waals surface area contributed by atoms with Crippen molar-refractivity contribution >= 4 is 23.0 Å². The van der Waals surface area contributed by atoms with Gasteiger partial charge in [-0.3, -0.25) is 0 Å². The maximum absolute atomic E-state index is 13.1. The van der Waals surface area contributed by atoms with E-state index in [9.17, 15) is 4.39 Å². The average molecular weight is 270 g/mol. The molecule has 1 aromatic heterocycles. The van der Waals surface area contributed by atoms with Gasteiger partial charge in [0.25, 0.3) is 0 Å². The van der Waals surface area contributed by atoms with Crippen LogP contribution in [0.25, 0.3) is 0 Å². The number of aromatic nitrogens is 1. The summed E-state index contributed by atoms with van der Waals surface area (Å²) < 4.78 is 18.3. The molecule has 0 bridgehead atoms. The van der Waals surface area contributed by atoms with Crippen molar-refractivity contribution in [3.05, 3.63) is 40.8 Å². The second kappa shape index (κ2) is 5.27. The van der Waals surface area contributed by atoms with Gasteiger partial charge in [-0.1, -0.05) is 18.5 Å². The van der Waals surface area contributed by atoms with E-state index in [2.05, 4.69) is 10.3 Å². The first-order valence-electron chi connectivity index (χ1n) is 5.52. The number of halogens is 2. The average Bonchev–Trinajstić information content (AvgIpc) is 2.83. The van der Waals surface area contributed by atoms with Crippen molar-refractivity contribution in [2.75, 3.05) is 11.1 Å². The first kappa shape index (κ1) is 12.7. The summed E-state index contributed by atoms with van der Waals surface area (Å²) >= 11 is 5.72. The van der Waals surface area contributed by atoms with E-state index in [0.29, 0.717) is 18.1 Å². The van der Waals surface area contributed by atoms with E-state index < -0.39 is 5.82 Å². The lowest BCUT2D eigenvalue weighted by Gasteiger charge is -2.09. The predicted octanol–water partition coefficient (Wildman–Crippen LogP) is 3.22. The molecule has 2 aromatic rings. The number of nitrogens with two attached hydrogens (primary N) is 1. The molecule has 2 rings (SSSR count). The van der Waals surface area contributed by atoms with Gasteiger partial charge < -0.3 is 15.5 Å². The zero-order valence-corrected chi connectivity index (χ0v) is 10.6. The Hall–Kier alpha value is -1.75. The molecule has 0 spiro atoms. The number of hydrogen-bond acceptors (Lipinski definition) is 4. The highest BCUT2D eigenvalue weighted by Gasteiger charge is 2.09. The summed E-state index contributed by atoms with van der Waals surface area (Å²) in [6.45, 7) is 2.40. The second-order valence-corrected chi connectivity index (χ2v) is 4.14. The fourth-order valence-corrected chi connectivity index (χ4v) is 1.66. The van der Waals surface area contributed by atoms with Gasteiger partial charge in [0.05, 0.1) is 23.6 Å². The Morgan fingerprint density at radius 3 is 2.94 bits per heavy atom. The van der Waals surface area contributed by atoms with Crippen molar-refractivity contribution in [3.63, 3.8) is 0 Å². The van der Waals surface area contributed by atoms with E-state index in [-0.39, 0.29) is 10.7 Å². The SMILES string of the molecule is CCc1nc(CNc2ccc(F)c(Cl)c2N)co1. The molecule has 1 aromatic carbocycles. The lowest BCUT2D eigenvalue weighted by atomic mass is 10.2. The minimum absolute atomic E-state index is 0.0746. The van der Waals surface area contributed by atoms with Gasteiger partial charge in [-0.05, 0) is 12.1 Å². The molecule has 18 heavy (non-hydrogen) atoms. The Morgan fingerprint density at radius 2 is 2.28 bits per heavy atom. The van der Waals surface area contributed by atoms with Crippen molar-refractivity contribution < 1.29 is 8.81 Å². The van der Waals surface area contributed by atoms with Crippen LogP contribution < -0.4 is 11.1 Å². The normalized spacial score (nSPS) is 10.6. The largest absolute Gasteiger partial charge is 0.449 e. The van der Waals surface area contributed by atoms with Crippen LogP contribution in [0.3, 0.4) is 0 Å². The zero-order valence-electron chi connectivity index (χ0n) is 9.84. The number of nitrogens with zero attached hydrogens (tertiary/aromatic N) is 1. The van der Waals surface area contributed by atoms with Gasteiger partial charge in [0.2, 0.25) is 0 Å². The van der Waals surface area contributed by atoms with E-state index in [4.69, 9.17) is 21.8 Å². The maximum atomic E-state index is 13.1. The third-order valence-corrected chi connectivity index (χ3v) is 2.88. The van der Waals surface area contributed by atoms with E-state index in [1.54, 1.807) is 6.26 Å². The third kappa shape index (κ3) is 2.56. The molecule has 0 saturated carbocycles. The van der Waals surface area contributed by atoms with Crippen LogP contribution >= 0.6 is 11.6 Å². The first-order chi connectivity index (χ1) is 8.61. The smallest absolute Gasteiger partial charge is 0.193 e. The Balaban J connectivity index is 2.08. The molecule has 0 fully saturated rings. The van der Waals surface area contributed by atoms with Crippen LogP contribution in [0.4, 0.5) is 15.8 Å². The highest BCUT2D eigenvalue weighted by Crippen LogP contribution is 2.29. The van der Waals surface area contributed by atoms with Crippen LogP contribution in [0, 0.1) is 5.82 Å². The van der Waals surface area contributed by atoms with Crippen molar-refractivity contribution in [2.45, 2.75) is 19.9 Å². The number of oxazole rings is 1. The topological polar surface area (TPSA) is 64.1 Å². The number of anilines is 2. The molecule has 4 nitrogen and oxygen atoms in total. The molecular weight excluding hydrogens is 257 g/mol. The number of rotatable bonds is 4. The molecule has 1 heterocycles. The van der Waals surface area contributed by atoms with Crippen molar-refractivity contribution in [2.24, 2.45) is 0 Å². The van der Waals surface area contributed by atoms with Crippen LogP contribution in [0.15, 0.2) is 22.8 Å². The van der Waals surface area contributed by atoms with Crippen molar-refractivity contribution in [1.82, 2.24) is 4.98 Å². The number of hydrogen-bond donors (Lipinski definition) is 2. The number of nitrogen functional groups attached to an aromatic ring is 1. The summed E-state index contributed by atoms with van der Waals surface area (Å²) in [6.07, 6.45) is 2.32. The minimum Gasteiger partial charge on any atom is -0.449 e. The van der Waals surface area contributed by atoms with E-state index in [1.807, 2.05) is 6.92 Å². The third-order valence-electron chi connectivity index (χ3n) is 2.49. The van der Waals surface area contributed by atoms with Crippen molar-refractivity contribution in [3.8, 4) is 0 Å². The highest BCUT2D eigenvalue weighted by molar-refractivity contribution is 6.33. The van der Waals surface area contributed by atoms with E-state index in [1.165, 1.54) is 12.1 Å². The standard InChI is InChI=1S/C12H13ClFN3O/c1-2-10-17-7(6-18-10)5-16-9-4-3-8(14)11(13)12(9)15/h3-4,6,16H,2,5,15H2,1H3. The van der Waals surface area contributed by atoms with Crippen molar-refractivity contribution in [1.29, 1.82) is 0 Å². The molecule has 3 N–H and O–H groups in total. The molecular formula is C12H13ClFN3O.